The normalized spacial score (nSPS) is 11.6. The van der Waals surface area contributed by atoms with Crippen LogP contribution in [0.15, 0.2) is 107 Å². The van der Waals surface area contributed by atoms with Crippen molar-refractivity contribution in [1.29, 1.82) is 0 Å². The summed E-state index contributed by atoms with van der Waals surface area (Å²) >= 11 is 0. The Morgan fingerprint density at radius 3 is 1.19 bits per heavy atom. The zero-order chi connectivity index (χ0) is 22.6. The van der Waals surface area contributed by atoms with E-state index in [1.807, 2.05) is 0 Å². The molecule has 0 unspecified atom stereocenters. The third-order valence-corrected chi connectivity index (χ3v) is 7.21. The molecule has 4 aromatic rings. The van der Waals surface area contributed by atoms with Crippen molar-refractivity contribution in [1.82, 2.24) is 9.97 Å². The molecule has 0 saturated carbocycles. The molecule has 2 N–H and O–H groups in total. The Labute approximate surface area is 186 Å². The predicted octanol–water partition coefficient (Wildman–Crippen LogP) is 3.75. The molecule has 0 aliphatic rings. The number of benzene rings is 2. The minimum absolute atomic E-state index is 0.0886. The largest absolute Gasteiger partial charge is 0.263 e. The SMILES string of the molecule is O=S(=O)(Nc1ccccn1)c1ccc(-c2ccc(S(=O)(=O)Nc3ccccn3)cc2)cc1. The first-order chi connectivity index (χ1) is 15.3. The lowest BCUT2D eigenvalue weighted by molar-refractivity contribution is 0.599. The van der Waals surface area contributed by atoms with Crippen molar-refractivity contribution in [3.05, 3.63) is 97.3 Å². The molecule has 0 aliphatic heterocycles. The van der Waals surface area contributed by atoms with E-state index in [4.69, 9.17) is 0 Å². The van der Waals surface area contributed by atoms with Gasteiger partial charge in [0.05, 0.1) is 9.79 Å². The van der Waals surface area contributed by atoms with Crippen molar-refractivity contribution < 1.29 is 16.8 Å². The van der Waals surface area contributed by atoms with Gasteiger partial charge in [-0.05, 0) is 59.7 Å². The van der Waals surface area contributed by atoms with Crippen molar-refractivity contribution in [3.63, 3.8) is 0 Å². The highest BCUT2D eigenvalue weighted by molar-refractivity contribution is 7.93. The van der Waals surface area contributed by atoms with Crippen LogP contribution in [0.3, 0.4) is 0 Å². The monoisotopic (exact) mass is 466 g/mol. The summed E-state index contributed by atoms with van der Waals surface area (Å²) in [5.74, 6) is 0.459. The van der Waals surface area contributed by atoms with Gasteiger partial charge >= 0.3 is 0 Å². The fourth-order valence-corrected chi connectivity index (χ4v) is 4.91. The molecule has 8 nitrogen and oxygen atoms in total. The summed E-state index contributed by atoms with van der Waals surface area (Å²) in [5.41, 5.74) is 1.48. The van der Waals surface area contributed by atoms with Gasteiger partial charge in [-0.1, -0.05) is 36.4 Å². The maximum atomic E-state index is 12.5. The van der Waals surface area contributed by atoms with E-state index in [1.165, 1.54) is 36.7 Å². The number of rotatable bonds is 7. The molecule has 0 radical (unpaired) electrons. The molecule has 0 fully saturated rings. The first kappa shape index (κ1) is 21.5. The smallest absolute Gasteiger partial charge is 0.263 e. The van der Waals surface area contributed by atoms with Gasteiger partial charge in [-0.25, -0.2) is 26.8 Å². The van der Waals surface area contributed by atoms with Gasteiger partial charge in [0.25, 0.3) is 20.0 Å². The van der Waals surface area contributed by atoms with Crippen molar-refractivity contribution >= 4 is 31.7 Å². The van der Waals surface area contributed by atoms with Crippen LogP contribution in [0.1, 0.15) is 0 Å². The van der Waals surface area contributed by atoms with Crippen LogP contribution < -0.4 is 9.44 Å². The zero-order valence-corrected chi connectivity index (χ0v) is 18.2. The molecule has 2 aromatic heterocycles. The molecule has 0 bridgehead atoms. The summed E-state index contributed by atoms with van der Waals surface area (Å²) in [4.78, 5) is 8.10. The lowest BCUT2D eigenvalue weighted by atomic mass is 10.1. The number of nitrogens with zero attached hydrogens (tertiary/aromatic N) is 2. The molecule has 4 rings (SSSR count). The molecular formula is C22H18N4O4S2. The highest BCUT2D eigenvalue weighted by Gasteiger charge is 2.16. The summed E-state index contributed by atoms with van der Waals surface area (Å²) in [5, 5.41) is 0. The number of hydrogen-bond acceptors (Lipinski definition) is 6. The van der Waals surface area contributed by atoms with Crippen LogP contribution in [0.2, 0.25) is 0 Å². The Morgan fingerprint density at radius 1 is 0.500 bits per heavy atom. The summed E-state index contributed by atoms with van der Waals surface area (Å²) < 4.78 is 54.9. The van der Waals surface area contributed by atoms with Crippen LogP contribution in [0, 0.1) is 0 Å². The van der Waals surface area contributed by atoms with E-state index in [9.17, 15) is 16.8 Å². The summed E-state index contributed by atoms with van der Waals surface area (Å²) in [7, 11) is -7.55. The van der Waals surface area contributed by atoms with E-state index in [2.05, 4.69) is 19.4 Å². The molecule has 32 heavy (non-hydrogen) atoms. The topological polar surface area (TPSA) is 118 Å². The van der Waals surface area contributed by atoms with Gasteiger partial charge in [0.2, 0.25) is 0 Å². The molecule has 2 aromatic carbocycles. The van der Waals surface area contributed by atoms with Gasteiger partial charge in [0.15, 0.2) is 0 Å². The fourth-order valence-electron chi connectivity index (χ4n) is 2.89. The van der Waals surface area contributed by atoms with E-state index < -0.39 is 20.0 Å². The van der Waals surface area contributed by atoms with Gasteiger partial charge in [0, 0.05) is 12.4 Å². The predicted molar refractivity (Wildman–Crippen MR) is 122 cm³/mol. The van der Waals surface area contributed by atoms with Crippen molar-refractivity contribution in [2.75, 3.05) is 9.44 Å². The number of nitrogens with one attached hydrogen (secondary N) is 2. The van der Waals surface area contributed by atoms with Gasteiger partial charge < -0.3 is 0 Å². The lowest BCUT2D eigenvalue weighted by Crippen LogP contribution is -2.13. The Balaban J connectivity index is 1.51. The van der Waals surface area contributed by atoms with E-state index >= 15 is 0 Å². The van der Waals surface area contributed by atoms with Crippen molar-refractivity contribution in [2.45, 2.75) is 9.79 Å². The van der Waals surface area contributed by atoms with Crippen LogP contribution in [-0.4, -0.2) is 26.8 Å². The standard InChI is InChI=1S/C22H18N4O4S2/c27-31(28,25-21-5-1-3-15-23-21)19-11-7-17(8-12-19)18-9-13-20(14-10-18)32(29,30)26-22-6-2-4-16-24-22/h1-16H,(H,23,25)(H,24,26). The third-order valence-electron chi connectivity index (χ3n) is 4.47. The maximum absolute atomic E-state index is 12.5. The Hall–Kier alpha value is -3.76. The van der Waals surface area contributed by atoms with Crippen molar-refractivity contribution in [3.8, 4) is 11.1 Å². The molecule has 10 heteroatoms. The molecule has 0 spiro atoms. The number of sulfonamides is 2. The first-order valence-electron chi connectivity index (χ1n) is 9.42. The third kappa shape index (κ3) is 4.93. The van der Waals surface area contributed by atoms with E-state index in [-0.39, 0.29) is 21.4 Å². The van der Waals surface area contributed by atoms with Crippen LogP contribution >= 0.6 is 0 Å². The maximum Gasteiger partial charge on any atom is 0.263 e. The second-order valence-corrected chi connectivity index (χ2v) is 10.1. The average Bonchev–Trinajstić information content (AvgIpc) is 2.80. The summed E-state index contributed by atoms with van der Waals surface area (Å²) in [6.07, 6.45) is 2.99. The Kier molecular flexibility index (Phi) is 5.89. The second-order valence-electron chi connectivity index (χ2n) is 6.69. The van der Waals surface area contributed by atoms with Crippen LogP contribution in [-0.2, 0) is 20.0 Å². The highest BCUT2D eigenvalue weighted by Crippen LogP contribution is 2.24. The van der Waals surface area contributed by atoms with Crippen LogP contribution in [0.5, 0.6) is 0 Å². The molecular weight excluding hydrogens is 448 g/mol. The van der Waals surface area contributed by atoms with Crippen LogP contribution in [0.25, 0.3) is 11.1 Å². The summed E-state index contributed by atoms with van der Waals surface area (Å²) in [6.45, 7) is 0. The van der Waals surface area contributed by atoms with E-state index in [0.717, 1.165) is 11.1 Å². The Morgan fingerprint density at radius 2 is 0.875 bits per heavy atom. The molecule has 0 amide bonds. The van der Waals surface area contributed by atoms with E-state index in [0.29, 0.717) is 0 Å². The molecule has 0 atom stereocenters. The zero-order valence-electron chi connectivity index (χ0n) is 16.6. The molecule has 162 valence electrons. The average molecular weight is 467 g/mol. The number of aromatic nitrogens is 2. The number of anilines is 2. The minimum atomic E-state index is -3.77. The summed E-state index contributed by atoms with van der Waals surface area (Å²) in [6, 6.07) is 22.4. The van der Waals surface area contributed by atoms with Gasteiger partial charge in [-0.3, -0.25) is 9.44 Å². The van der Waals surface area contributed by atoms with Gasteiger partial charge in [-0.2, -0.15) is 0 Å². The molecule has 0 saturated heterocycles. The number of hydrogen-bond donors (Lipinski definition) is 2. The van der Waals surface area contributed by atoms with E-state index in [1.54, 1.807) is 60.7 Å². The van der Waals surface area contributed by atoms with Gasteiger partial charge in [-0.15, -0.1) is 0 Å². The van der Waals surface area contributed by atoms with Crippen LogP contribution in [0.4, 0.5) is 11.6 Å². The minimum Gasteiger partial charge on any atom is -0.263 e. The van der Waals surface area contributed by atoms with Crippen molar-refractivity contribution in [2.24, 2.45) is 0 Å². The quantitative estimate of drug-likeness (QED) is 0.428. The molecule has 0 aliphatic carbocycles. The fraction of sp³-hybridized carbons (Fsp3) is 0. The Bertz CT molecular complexity index is 1300. The number of pyridine rings is 2. The molecule has 2 heterocycles. The highest BCUT2D eigenvalue weighted by atomic mass is 32.2. The first-order valence-corrected chi connectivity index (χ1v) is 12.4. The van der Waals surface area contributed by atoms with Gasteiger partial charge in [0.1, 0.15) is 11.6 Å². The lowest BCUT2D eigenvalue weighted by Gasteiger charge is -2.09. The second kappa shape index (κ2) is 8.77.